The molecule has 0 aromatic carbocycles. The van der Waals surface area contributed by atoms with Gasteiger partial charge in [0.1, 0.15) is 0 Å². The zero-order valence-corrected chi connectivity index (χ0v) is 14.8. The van der Waals surface area contributed by atoms with Crippen LogP contribution >= 0.6 is 39.7 Å². The molecule has 0 aliphatic heterocycles. The van der Waals surface area contributed by atoms with E-state index in [4.69, 9.17) is 5.73 Å². The number of nitrogens with two attached hydrogens (primary N) is 1. The Morgan fingerprint density at radius 2 is 2.20 bits per heavy atom. The summed E-state index contributed by atoms with van der Waals surface area (Å²) in [6.45, 7) is 2.64. The smallest absolute Gasteiger partial charge is 0.228 e. The zero-order chi connectivity index (χ0) is 13.8. The summed E-state index contributed by atoms with van der Waals surface area (Å²) in [5.74, 6) is 0.483. The predicted octanol–water partition coefficient (Wildman–Crippen LogP) is 3.67. The SMILES string of the molecule is CC(C(=O)NC1CCCCC1CN)c1ccc(Br)s1.Cl. The number of amides is 1. The van der Waals surface area contributed by atoms with Crippen molar-refractivity contribution in [2.75, 3.05) is 6.54 Å². The van der Waals surface area contributed by atoms with Crippen molar-refractivity contribution < 1.29 is 4.79 Å². The quantitative estimate of drug-likeness (QED) is 0.836. The molecule has 1 heterocycles. The molecular formula is C14H22BrClN2OS. The average molecular weight is 382 g/mol. The van der Waals surface area contributed by atoms with E-state index in [1.165, 1.54) is 12.8 Å². The van der Waals surface area contributed by atoms with E-state index in [0.29, 0.717) is 12.5 Å². The van der Waals surface area contributed by atoms with Crippen molar-refractivity contribution in [1.82, 2.24) is 5.32 Å². The third-order valence-electron chi connectivity index (χ3n) is 3.95. The van der Waals surface area contributed by atoms with Gasteiger partial charge in [0.05, 0.1) is 9.70 Å². The van der Waals surface area contributed by atoms with Gasteiger partial charge in [0.2, 0.25) is 5.91 Å². The molecule has 0 bridgehead atoms. The van der Waals surface area contributed by atoms with E-state index in [2.05, 4.69) is 21.2 Å². The van der Waals surface area contributed by atoms with Crippen LogP contribution in [0.3, 0.4) is 0 Å². The lowest BCUT2D eigenvalue weighted by Gasteiger charge is -2.32. The van der Waals surface area contributed by atoms with Crippen molar-refractivity contribution in [2.24, 2.45) is 11.7 Å². The Bertz CT molecular complexity index is 441. The summed E-state index contributed by atoms with van der Waals surface area (Å²) < 4.78 is 1.07. The Hall–Kier alpha value is -0.100. The van der Waals surface area contributed by atoms with Crippen LogP contribution in [0.2, 0.25) is 0 Å². The molecule has 1 aliphatic rings. The maximum Gasteiger partial charge on any atom is 0.228 e. The van der Waals surface area contributed by atoms with E-state index < -0.39 is 0 Å². The lowest BCUT2D eigenvalue weighted by molar-refractivity contribution is -0.123. The summed E-state index contributed by atoms with van der Waals surface area (Å²) in [6, 6.07) is 4.27. The highest BCUT2D eigenvalue weighted by Crippen LogP contribution is 2.29. The van der Waals surface area contributed by atoms with E-state index in [0.717, 1.165) is 21.5 Å². The molecule has 3 atom stereocenters. The standard InChI is InChI=1S/C14H21BrN2OS.ClH/c1-9(12-6-7-13(15)19-12)14(18)17-11-5-3-2-4-10(11)8-16;/h6-7,9-11H,2-5,8,16H2,1H3,(H,17,18);1H. The topological polar surface area (TPSA) is 55.1 Å². The Morgan fingerprint density at radius 1 is 1.50 bits per heavy atom. The minimum Gasteiger partial charge on any atom is -0.352 e. The molecule has 20 heavy (non-hydrogen) atoms. The molecule has 2 rings (SSSR count). The maximum absolute atomic E-state index is 12.3. The van der Waals surface area contributed by atoms with E-state index in [-0.39, 0.29) is 30.3 Å². The molecule has 6 heteroatoms. The number of carbonyl (C=O) groups excluding carboxylic acids is 1. The van der Waals surface area contributed by atoms with Gasteiger partial charge in [-0.3, -0.25) is 4.79 Å². The molecule has 1 aromatic rings. The van der Waals surface area contributed by atoms with E-state index in [1.807, 2.05) is 19.1 Å². The Labute approximate surface area is 139 Å². The first-order valence-corrected chi connectivity index (χ1v) is 8.48. The number of carbonyl (C=O) groups is 1. The van der Waals surface area contributed by atoms with E-state index >= 15 is 0 Å². The Morgan fingerprint density at radius 3 is 2.80 bits per heavy atom. The fraction of sp³-hybridized carbons (Fsp3) is 0.643. The van der Waals surface area contributed by atoms with Crippen molar-refractivity contribution in [3.63, 3.8) is 0 Å². The molecule has 0 saturated heterocycles. The van der Waals surface area contributed by atoms with Crippen LogP contribution in [0.1, 0.15) is 43.4 Å². The van der Waals surface area contributed by atoms with Gasteiger partial charge in [-0.05, 0) is 60.3 Å². The van der Waals surface area contributed by atoms with Crippen LogP contribution in [0, 0.1) is 5.92 Å². The molecule has 3 nitrogen and oxygen atoms in total. The first-order chi connectivity index (χ1) is 9.11. The van der Waals surface area contributed by atoms with Crippen molar-refractivity contribution >= 4 is 45.6 Å². The van der Waals surface area contributed by atoms with Crippen LogP contribution in [0.15, 0.2) is 15.9 Å². The zero-order valence-electron chi connectivity index (χ0n) is 11.6. The number of hydrogen-bond acceptors (Lipinski definition) is 3. The van der Waals surface area contributed by atoms with Gasteiger partial charge < -0.3 is 11.1 Å². The summed E-state index contributed by atoms with van der Waals surface area (Å²) >= 11 is 5.06. The fourth-order valence-electron chi connectivity index (χ4n) is 2.68. The lowest BCUT2D eigenvalue weighted by Crippen LogP contribution is -2.45. The highest BCUT2D eigenvalue weighted by atomic mass is 79.9. The van der Waals surface area contributed by atoms with Gasteiger partial charge in [-0.25, -0.2) is 0 Å². The average Bonchev–Trinajstić information content (AvgIpc) is 2.85. The van der Waals surface area contributed by atoms with Crippen molar-refractivity contribution in [3.05, 3.63) is 20.8 Å². The van der Waals surface area contributed by atoms with Crippen LogP contribution in [0.5, 0.6) is 0 Å². The molecular weight excluding hydrogens is 360 g/mol. The highest BCUT2D eigenvalue weighted by molar-refractivity contribution is 9.11. The maximum atomic E-state index is 12.3. The van der Waals surface area contributed by atoms with Crippen LogP contribution in [-0.2, 0) is 4.79 Å². The van der Waals surface area contributed by atoms with E-state index in [1.54, 1.807) is 11.3 Å². The second kappa shape index (κ2) is 8.37. The minimum absolute atomic E-state index is 0. The van der Waals surface area contributed by atoms with Gasteiger partial charge in [-0.15, -0.1) is 23.7 Å². The van der Waals surface area contributed by atoms with Gasteiger partial charge in [0.15, 0.2) is 0 Å². The molecule has 1 amide bonds. The summed E-state index contributed by atoms with van der Waals surface area (Å²) in [4.78, 5) is 13.4. The predicted molar refractivity (Wildman–Crippen MR) is 90.6 cm³/mol. The Kier molecular flexibility index (Phi) is 7.51. The van der Waals surface area contributed by atoms with Gasteiger partial charge in [-0.2, -0.15) is 0 Å². The van der Waals surface area contributed by atoms with Crippen LogP contribution in [0.4, 0.5) is 0 Å². The molecule has 114 valence electrons. The number of hydrogen-bond donors (Lipinski definition) is 2. The fourth-order valence-corrected chi connectivity index (χ4v) is 4.15. The third kappa shape index (κ3) is 4.45. The summed E-state index contributed by atoms with van der Waals surface area (Å²) in [7, 11) is 0. The molecule has 3 N–H and O–H groups in total. The van der Waals surface area contributed by atoms with Crippen LogP contribution in [0.25, 0.3) is 0 Å². The van der Waals surface area contributed by atoms with Gasteiger partial charge in [-0.1, -0.05) is 12.8 Å². The molecule has 1 saturated carbocycles. The second-order valence-corrected chi connectivity index (χ2v) is 7.75. The summed E-state index contributed by atoms with van der Waals surface area (Å²) in [5.41, 5.74) is 5.80. The molecule has 0 radical (unpaired) electrons. The first-order valence-electron chi connectivity index (χ1n) is 6.87. The number of thiophene rings is 1. The van der Waals surface area contributed by atoms with Gasteiger partial charge in [0.25, 0.3) is 0 Å². The van der Waals surface area contributed by atoms with Crippen LogP contribution in [-0.4, -0.2) is 18.5 Å². The van der Waals surface area contributed by atoms with Crippen molar-refractivity contribution in [2.45, 2.75) is 44.6 Å². The Balaban J connectivity index is 0.00000200. The molecule has 1 aliphatic carbocycles. The molecule has 3 unspecified atom stereocenters. The summed E-state index contributed by atoms with van der Waals surface area (Å²) in [6.07, 6.45) is 4.64. The van der Waals surface area contributed by atoms with Crippen LogP contribution < -0.4 is 11.1 Å². The van der Waals surface area contributed by atoms with Gasteiger partial charge >= 0.3 is 0 Å². The van der Waals surface area contributed by atoms with Crippen molar-refractivity contribution in [3.8, 4) is 0 Å². The van der Waals surface area contributed by atoms with E-state index in [9.17, 15) is 4.79 Å². The first kappa shape index (κ1) is 18.0. The number of rotatable bonds is 4. The largest absolute Gasteiger partial charge is 0.352 e. The van der Waals surface area contributed by atoms with Crippen molar-refractivity contribution in [1.29, 1.82) is 0 Å². The minimum atomic E-state index is -0.0864. The monoisotopic (exact) mass is 380 g/mol. The third-order valence-corrected chi connectivity index (χ3v) is 5.76. The number of nitrogens with one attached hydrogen (secondary N) is 1. The molecule has 0 spiro atoms. The lowest BCUT2D eigenvalue weighted by atomic mass is 9.84. The van der Waals surface area contributed by atoms with Gasteiger partial charge in [0, 0.05) is 10.9 Å². The summed E-state index contributed by atoms with van der Waals surface area (Å²) in [5, 5.41) is 3.20. The molecule has 1 fully saturated rings. The normalized spacial score (nSPS) is 23.8. The molecule has 1 aromatic heterocycles. The number of halogens is 2. The highest BCUT2D eigenvalue weighted by Gasteiger charge is 2.27. The second-order valence-electron chi connectivity index (χ2n) is 5.26.